The fraction of sp³-hybridized carbons (Fsp3) is 0.286. The van der Waals surface area contributed by atoms with Gasteiger partial charge in [0.1, 0.15) is 0 Å². The second kappa shape index (κ2) is 3.61. The van der Waals surface area contributed by atoms with E-state index in [-0.39, 0.29) is 6.04 Å². The summed E-state index contributed by atoms with van der Waals surface area (Å²) in [5, 5.41) is 10.9. The van der Waals surface area contributed by atoms with E-state index >= 15 is 0 Å². The topological polar surface area (TPSA) is 35.8 Å². The van der Waals surface area contributed by atoms with Gasteiger partial charge in [-0.15, -0.1) is 11.3 Å². The molecule has 0 aliphatic carbocycles. The molecule has 1 heterocycles. The van der Waals surface area contributed by atoms with Crippen LogP contribution in [0.3, 0.4) is 0 Å². The molecule has 0 amide bonds. The van der Waals surface area contributed by atoms with Crippen LogP contribution in [0.25, 0.3) is 0 Å². The lowest BCUT2D eigenvalue weighted by Crippen LogP contribution is -2.09. The van der Waals surface area contributed by atoms with Gasteiger partial charge in [-0.2, -0.15) is 5.26 Å². The summed E-state index contributed by atoms with van der Waals surface area (Å²) in [6, 6.07) is 3.82. The van der Waals surface area contributed by atoms with Gasteiger partial charge in [0.15, 0.2) is 6.19 Å². The molecule has 1 N–H and O–H groups in total. The van der Waals surface area contributed by atoms with Crippen molar-refractivity contribution in [3.8, 4) is 6.19 Å². The minimum atomic E-state index is 0.0671. The number of nitrogens with one attached hydrogen (secondary N) is 1. The van der Waals surface area contributed by atoms with Gasteiger partial charge in [0.2, 0.25) is 0 Å². The van der Waals surface area contributed by atoms with Gasteiger partial charge in [-0.25, -0.2) is 0 Å². The zero-order chi connectivity index (χ0) is 8.27. The average Bonchev–Trinajstić information content (AvgIpc) is 2.36. The Kier molecular flexibility index (Phi) is 2.75. The van der Waals surface area contributed by atoms with Gasteiger partial charge in [0, 0.05) is 4.88 Å². The average molecular weight is 187 g/mol. The summed E-state index contributed by atoms with van der Waals surface area (Å²) in [5.74, 6) is 0. The van der Waals surface area contributed by atoms with E-state index in [0.717, 1.165) is 9.21 Å². The van der Waals surface area contributed by atoms with Crippen LogP contribution in [0.2, 0.25) is 4.34 Å². The van der Waals surface area contributed by atoms with E-state index in [0.29, 0.717) is 0 Å². The van der Waals surface area contributed by atoms with Crippen molar-refractivity contribution >= 4 is 22.9 Å². The molecule has 0 bridgehead atoms. The molecule has 11 heavy (non-hydrogen) atoms. The van der Waals surface area contributed by atoms with Crippen LogP contribution in [0.4, 0.5) is 0 Å². The smallest absolute Gasteiger partial charge is 0.177 e. The third-order valence-corrected chi connectivity index (χ3v) is 2.72. The molecule has 0 aliphatic heterocycles. The Balaban J connectivity index is 2.70. The first-order valence-electron chi connectivity index (χ1n) is 3.14. The van der Waals surface area contributed by atoms with E-state index in [1.807, 2.05) is 25.2 Å². The number of rotatable bonds is 2. The lowest BCUT2D eigenvalue weighted by atomic mass is 10.3. The third-order valence-electron chi connectivity index (χ3n) is 1.30. The molecule has 0 aliphatic rings. The molecule has 2 nitrogen and oxygen atoms in total. The summed E-state index contributed by atoms with van der Waals surface area (Å²) < 4.78 is 0.756. The summed E-state index contributed by atoms with van der Waals surface area (Å²) in [6.07, 6.45) is 1.89. The van der Waals surface area contributed by atoms with Crippen LogP contribution in [0.5, 0.6) is 0 Å². The quantitative estimate of drug-likeness (QED) is 0.569. The Hall–Kier alpha value is -0.720. The molecule has 0 fully saturated rings. The van der Waals surface area contributed by atoms with Crippen LogP contribution < -0.4 is 5.32 Å². The van der Waals surface area contributed by atoms with E-state index in [4.69, 9.17) is 16.9 Å². The van der Waals surface area contributed by atoms with Crippen molar-refractivity contribution in [2.75, 3.05) is 0 Å². The molecular weight excluding hydrogens is 180 g/mol. The molecule has 0 radical (unpaired) electrons. The Morgan fingerprint density at radius 1 is 1.73 bits per heavy atom. The minimum Gasteiger partial charge on any atom is -0.316 e. The molecule has 1 aromatic heterocycles. The summed E-state index contributed by atoms with van der Waals surface area (Å²) in [5.41, 5.74) is 0. The van der Waals surface area contributed by atoms with Crippen LogP contribution in [-0.2, 0) is 0 Å². The highest BCUT2D eigenvalue weighted by molar-refractivity contribution is 7.16. The Morgan fingerprint density at radius 3 is 2.91 bits per heavy atom. The molecule has 0 saturated heterocycles. The lowest BCUT2D eigenvalue weighted by molar-refractivity contribution is 0.711. The fourth-order valence-corrected chi connectivity index (χ4v) is 1.79. The van der Waals surface area contributed by atoms with E-state index in [2.05, 4.69) is 5.32 Å². The molecular formula is C7H7ClN2S. The van der Waals surface area contributed by atoms with Crippen molar-refractivity contribution in [2.45, 2.75) is 13.0 Å². The first-order chi connectivity index (χ1) is 5.24. The maximum Gasteiger partial charge on any atom is 0.177 e. The van der Waals surface area contributed by atoms with Gasteiger partial charge < -0.3 is 5.32 Å². The first kappa shape index (κ1) is 8.38. The summed E-state index contributed by atoms with van der Waals surface area (Å²) in [7, 11) is 0. The molecule has 1 rings (SSSR count). The lowest BCUT2D eigenvalue weighted by Gasteiger charge is -2.03. The monoisotopic (exact) mass is 186 g/mol. The number of thiophene rings is 1. The van der Waals surface area contributed by atoms with Gasteiger partial charge in [-0.3, -0.25) is 0 Å². The van der Waals surface area contributed by atoms with Crippen LogP contribution in [0, 0.1) is 11.5 Å². The maximum absolute atomic E-state index is 8.32. The number of hydrogen-bond donors (Lipinski definition) is 1. The van der Waals surface area contributed by atoms with Crippen LogP contribution in [0.1, 0.15) is 17.8 Å². The molecule has 0 spiro atoms. The zero-order valence-electron chi connectivity index (χ0n) is 5.97. The molecule has 1 unspecified atom stereocenters. The van der Waals surface area contributed by atoms with Crippen molar-refractivity contribution in [3.05, 3.63) is 21.3 Å². The number of hydrogen-bond acceptors (Lipinski definition) is 3. The molecule has 58 valence electrons. The highest BCUT2D eigenvalue weighted by Gasteiger charge is 2.05. The minimum absolute atomic E-state index is 0.0671. The summed E-state index contributed by atoms with van der Waals surface area (Å²) >= 11 is 7.20. The summed E-state index contributed by atoms with van der Waals surface area (Å²) in [4.78, 5) is 1.08. The van der Waals surface area contributed by atoms with Crippen molar-refractivity contribution in [3.63, 3.8) is 0 Å². The predicted octanol–water partition coefficient (Wildman–Crippen LogP) is 2.53. The van der Waals surface area contributed by atoms with Gasteiger partial charge in [0.05, 0.1) is 10.4 Å². The molecule has 0 aromatic carbocycles. The number of nitriles is 1. The second-order valence-corrected chi connectivity index (χ2v) is 3.87. The normalized spacial score (nSPS) is 12.1. The van der Waals surface area contributed by atoms with E-state index in [1.165, 1.54) is 11.3 Å². The Labute approximate surface area is 74.4 Å². The van der Waals surface area contributed by atoms with Crippen LogP contribution >= 0.6 is 22.9 Å². The van der Waals surface area contributed by atoms with E-state index in [1.54, 1.807) is 0 Å². The second-order valence-electron chi connectivity index (χ2n) is 2.12. The molecule has 1 aromatic rings. The van der Waals surface area contributed by atoms with Gasteiger partial charge in [0.25, 0.3) is 0 Å². The predicted molar refractivity (Wildman–Crippen MR) is 46.5 cm³/mol. The molecule has 1 atom stereocenters. The third kappa shape index (κ3) is 2.11. The maximum atomic E-state index is 8.32. The van der Waals surface area contributed by atoms with Crippen molar-refractivity contribution in [1.29, 1.82) is 5.26 Å². The number of nitrogens with zero attached hydrogens (tertiary/aromatic N) is 1. The van der Waals surface area contributed by atoms with Gasteiger partial charge in [-0.05, 0) is 19.1 Å². The van der Waals surface area contributed by atoms with Crippen molar-refractivity contribution < 1.29 is 0 Å². The SMILES string of the molecule is CC(NC#N)c1ccc(Cl)s1. The largest absolute Gasteiger partial charge is 0.316 e. The highest BCUT2D eigenvalue weighted by atomic mass is 35.5. The number of halogens is 1. The zero-order valence-corrected chi connectivity index (χ0v) is 7.54. The van der Waals surface area contributed by atoms with E-state index in [9.17, 15) is 0 Å². The van der Waals surface area contributed by atoms with Crippen molar-refractivity contribution in [1.82, 2.24) is 5.32 Å². The standard InChI is InChI=1S/C7H7ClN2S/c1-5(10-4-9)6-2-3-7(8)11-6/h2-3,5,10H,1H3. The molecule has 0 saturated carbocycles. The van der Waals surface area contributed by atoms with Gasteiger partial charge in [-0.1, -0.05) is 11.6 Å². The summed E-state index contributed by atoms with van der Waals surface area (Å²) in [6.45, 7) is 1.92. The molecule has 4 heteroatoms. The van der Waals surface area contributed by atoms with Crippen LogP contribution in [-0.4, -0.2) is 0 Å². The van der Waals surface area contributed by atoms with Crippen molar-refractivity contribution in [2.24, 2.45) is 0 Å². The highest BCUT2D eigenvalue weighted by Crippen LogP contribution is 2.26. The van der Waals surface area contributed by atoms with E-state index < -0.39 is 0 Å². The van der Waals surface area contributed by atoms with Crippen LogP contribution in [0.15, 0.2) is 12.1 Å². The fourth-order valence-electron chi connectivity index (χ4n) is 0.729. The Morgan fingerprint density at radius 2 is 2.45 bits per heavy atom. The Bertz CT molecular complexity index is 276. The van der Waals surface area contributed by atoms with Gasteiger partial charge >= 0.3 is 0 Å². The first-order valence-corrected chi connectivity index (χ1v) is 4.33.